The molecule has 0 radical (unpaired) electrons. The van der Waals surface area contributed by atoms with Crippen LogP contribution in [0.4, 0.5) is 5.69 Å². The largest absolute Gasteiger partial charge is 0.598 e. The maximum Gasteiger partial charge on any atom is 0.136 e. The molecule has 2 N–H and O–H groups in total. The molecule has 0 bridgehead atoms. The van der Waals surface area contributed by atoms with Gasteiger partial charge in [0.25, 0.3) is 0 Å². The first-order valence-corrected chi connectivity index (χ1v) is 10.1. The molecule has 2 fully saturated rings. The number of nitrogens with zero attached hydrogens (tertiary/aromatic N) is 2. The van der Waals surface area contributed by atoms with Crippen molar-refractivity contribution < 1.29 is 4.55 Å². The van der Waals surface area contributed by atoms with Crippen LogP contribution < -0.4 is 14.9 Å². The zero-order valence-corrected chi connectivity index (χ0v) is 16.2. The maximum atomic E-state index is 12.7. The molecule has 0 saturated carbocycles. The molecular formula is C17H27ClN4OS. The molecule has 7 heteroatoms. The van der Waals surface area contributed by atoms with Gasteiger partial charge in [0, 0.05) is 41.8 Å². The van der Waals surface area contributed by atoms with Crippen molar-refractivity contribution in [2.45, 2.75) is 44.4 Å². The van der Waals surface area contributed by atoms with Gasteiger partial charge in [0.1, 0.15) is 9.90 Å². The highest BCUT2D eigenvalue weighted by atomic mass is 35.5. The van der Waals surface area contributed by atoms with E-state index < -0.39 is 11.4 Å². The Morgan fingerprint density at radius 1 is 1.42 bits per heavy atom. The molecule has 2 atom stereocenters. The Morgan fingerprint density at radius 3 is 2.75 bits per heavy atom. The number of nitrogens with one attached hydrogen (secondary N) is 2. The Labute approximate surface area is 152 Å². The van der Waals surface area contributed by atoms with Crippen molar-refractivity contribution in [3.05, 3.63) is 23.5 Å². The van der Waals surface area contributed by atoms with Crippen molar-refractivity contribution >= 4 is 28.7 Å². The van der Waals surface area contributed by atoms with E-state index in [9.17, 15) is 4.55 Å². The molecular weight excluding hydrogens is 344 g/mol. The first kappa shape index (κ1) is 18.3. The Kier molecular flexibility index (Phi) is 5.33. The van der Waals surface area contributed by atoms with Gasteiger partial charge in [-0.3, -0.25) is 0 Å². The van der Waals surface area contributed by atoms with Gasteiger partial charge < -0.3 is 14.8 Å². The Balaban J connectivity index is 1.82. The van der Waals surface area contributed by atoms with Gasteiger partial charge in [-0.05, 0) is 58.8 Å². The average Bonchev–Trinajstić information content (AvgIpc) is 2.85. The molecule has 0 aliphatic carbocycles. The van der Waals surface area contributed by atoms with Crippen molar-refractivity contribution in [2.75, 3.05) is 31.1 Å². The fourth-order valence-corrected chi connectivity index (χ4v) is 4.76. The molecule has 1 aromatic heterocycles. The van der Waals surface area contributed by atoms with E-state index in [1.54, 1.807) is 6.20 Å². The number of aromatic nitrogens is 1. The van der Waals surface area contributed by atoms with E-state index in [1.165, 1.54) is 0 Å². The van der Waals surface area contributed by atoms with Gasteiger partial charge in [0.15, 0.2) is 0 Å². The van der Waals surface area contributed by atoms with E-state index in [4.69, 9.17) is 11.6 Å². The molecule has 1 unspecified atom stereocenters. The van der Waals surface area contributed by atoms with Gasteiger partial charge in [-0.25, -0.2) is 4.98 Å². The van der Waals surface area contributed by atoms with E-state index in [0.717, 1.165) is 44.7 Å². The number of anilines is 1. The molecule has 0 aromatic carbocycles. The SMILES string of the molecule is CC(C)(C)[S+]([O-])N[C@@H]1CN(c2ccnc(Cl)c2)CC12CCNCC2. The van der Waals surface area contributed by atoms with Gasteiger partial charge in [0.05, 0.1) is 6.04 Å². The van der Waals surface area contributed by atoms with Gasteiger partial charge in [-0.2, -0.15) is 0 Å². The van der Waals surface area contributed by atoms with Crippen LogP contribution in [0.1, 0.15) is 33.6 Å². The van der Waals surface area contributed by atoms with Gasteiger partial charge >= 0.3 is 0 Å². The fraction of sp³-hybridized carbons (Fsp3) is 0.706. The summed E-state index contributed by atoms with van der Waals surface area (Å²) < 4.78 is 15.9. The molecule has 24 heavy (non-hydrogen) atoms. The second kappa shape index (κ2) is 7.00. The third kappa shape index (κ3) is 3.83. The minimum Gasteiger partial charge on any atom is -0.598 e. The van der Waals surface area contributed by atoms with E-state index in [0.29, 0.717) is 5.15 Å². The highest BCUT2D eigenvalue weighted by Crippen LogP contribution is 2.41. The summed E-state index contributed by atoms with van der Waals surface area (Å²) >= 11 is 5.00. The first-order chi connectivity index (χ1) is 11.3. The zero-order chi connectivity index (χ0) is 17.4. The average molecular weight is 371 g/mol. The van der Waals surface area contributed by atoms with Crippen LogP contribution in [0.3, 0.4) is 0 Å². The molecule has 1 aromatic rings. The van der Waals surface area contributed by atoms with Crippen molar-refractivity contribution in [1.82, 2.24) is 15.0 Å². The Hall–Kier alpha value is -0.530. The van der Waals surface area contributed by atoms with E-state index in [2.05, 4.69) is 19.9 Å². The molecule has 2 saturated heterocycles. The summed E-state index contributed by atoms with van der Waals surface area (Å²) in [5.41, 5.74) is 1.25. The van der Waals surface area contributed by atoms with Crippen LogP contribution in [0.2, 0.25) is 5.15 Å². The first-order valence-electron chi connectivity index (χ1n) is 8.55. The predicted molar refractivity (Wildman–Crippen MR) is 101 cm³/mol. The lowest BCUT2D eigenvalue weighted by molar-refractivity contribution is 0.195. The van der Waals surface area contributed by atoms with Gasteiger partial charge in [0.2, 0.25) is 0 Å². The second-order valence-electron chi connectivity index (χ2n) is 7.88. The summed E-state index contributed by atoms with van der Waals surface area (Å²) in [4.78, 5) is 6.44. The van der Waals surface area contributed by atoms with Crippen LogP contribution >= 0.6 is 11.6 Å². The third-order valence-electron chi connectivity index (χ3n) is 5.13. The monoisotopic (exact) mass is 370 g/mol. The molecule has 5 nitrogen and oxygen atoms in total. The van der Waals surface area contributed by atoms with Crippen LogP contribution in [0.25, 0.3) is 0 Å². The normalized spacial score (nSPS) is 25.2. The lowest BCUT2D eigenvalue weighted by Gasteiger charge is -2.39. The summed E-state index contributed by atoms with van der Waals surface area (Å²) in [6, 6.07) is 4.13. The summed E-state index contributed by atoms with van der Waals surface area (Å²) in [6.07, 6.45) is 3.95. The lowest BCUT2D eigenvalue weighted by Crippen LogP contribution is -2.54. The molecule has 134 valence electrons. The second-order valence-corrected chi connectivity index (χ2v) is 10.3. The number of hydrogen-bond donors (Lipinski definition) is 2. The van der Waals surface area contributed by atoms with Crippen molar-refractivity contribution in [1.29, 1.82) is 0 Å². The number of piperidine rings is 1. The minimum absolute atomic E-state index is 0.155. The topological polar surface area (TPSA) is 63.2 Å². The molecule has 3 rings (SSSR count). The minimum atomic E-state index is -1.07. The van der Waals surface area contributed by atoms with E-state index >= 15 is 0 Å². The highest BCUT2D eigenvalue weighted by molar-refractivity contribution is 7.90. The predicted octanol–water partition coefficient (Wildman–Crippen LogP) is 2.35. The quantitative estimate of drug-likeness (QED) is 0.631. The Morgan fingerprint density at radius 2 is 2.12 bits per heavy atom. The smallest absolute Gasteiger partial charge is 0.136 e. The number of pyridine rings is 1. The van der Waals surface area contributed by atoms with Crippen molar-refractivity contribution in [2.24, 2.45) is 5.41 Å². The number of hydrogen-bond acceptors (Lipinski definition) is 5. The van der Waals surface area contributed by atoms with Crippen molar-refractivity contribution in [3.8, 4) is 0 Å². The van der Waals surface area contributed by atoms with Crippen LogP contribution in [-0.2, 0) is 11.4 Å². The summed E-state index contributed by atoms with van der Waals surface area (Å²) in [5, 5.41) is 3.97. The summed E-state index contributed by atoms with van der Waals surface area (Å²) in [5.74, 6) is 0. The summed E-state index contributed by atoms with van der Waals surface area (Å²) in [6.45, 7) is 9.90. The van der Waals surface area contributed by atoms with Crippen LogP contribution in [0.15, 0.2) is 18.3 Å². The maximum absolute atomic E-state index is 12.7. The fourth-order valence-electron chi connectivity index (χ4n) is 3.65. The zero-order valence-electron chi connectivity index (χ0n) is 14.6. The molecule has 2 aliphatic rings. The molecule has 2 aliphatic heterocycles. The summed E-state index contributed by atoms with van der Waals surface area (Å²) in [7, 11) is 0. The van der Waals surface area contributed by atoms with E-state index in [-0.39, 0.29) is 16.2 Å². The Bertz CT molecular complexity index is 574. The molecule has 3 heterocycles. The van der Waals surface area contributed by atoms with Gasteiger partial charge in [-0.1, -0.05) is 11.6 Å². The van der Waals surface area contributed by atoms with Crippen molar-refractivity contribution in [3.63, 3.8) is 0 Å². The highest BCUT2D eigenvalue weighted by Gasteiger charge is 2.49. The van der Waals surface area contributed by atoms with Crippen LogP contribution in [-0.4, -0.2) is 46.5 Å². The van der Waals surface area contributed by atoms with Crippen LogP contribution in [0, 0.1) is 5.41 Å². The molecule has 1 spiro atoms. The molecule has 0 amide bonds. The lowest BCUT2D eigenvalue weighted by atomic mass is 9.75. The number of rotatable bonds is 3. The van der Waals surface area contributed by atoms with E-state index in [1.807, 2.05) is 32.9 Å². The van der Waals surface area contributed by atoms with Gasteiger partial charge in [-0.15, -0.1) is 4.72 Å². The van der Waals surface area contributed by atoms with Crippen LogP contribution in [0.5, 0.6) is 0 Å². The number of halogens is 1. The third-order valence-corrected chi connectivity index (χ3v) is 6.95. The standard InChI is InChI=1S/C17H27ClN4OS/c1-16(2,3)24(23)21-14-11-22(13-4-7-20-15(18)10-13)12-17(14)5-8-19-9-6-17/h4,7,10,14,19,21H,5-6,8-9,11-12H2,1-3H3/t14-,24?/m1/s1.